The molecule has 0 aliphatic heterocycles. The average Bonchev–Trinajstić information content (AvgIpc) is 2.51. The lowest BCUT2D eigenvalue weighted by molar-refractivity contribution is -0.144. The number of nitrogens with one attached hydrogen (secondary N) is 2. The van der Waals surface area contributed by atoms with Gasteiger partial charge in [-0.05, 0) is 36.8 Å². The van der Waals surface area contributed by atoms with Crippen LogP contribution in [0.15, 0.2) is 36.9 Å². The summed E-state index contributed by atoms with van der Waals surface area (Å²) in [6.45, 7) is 5.28. The second-order valence-corrected chi connectivity index (χ2v) is 4.63. The van der Waals surface area contributed by atoms with Gasteiger partial charge in [0.1, 0.15) is 12.4 Å². The predicted molar refractivity (Wildman–Crippen MR) is 86.2 cm³/mol. The first kappa shape index (κ1) is 18.6. The van der Waals surface area contributed by atoms with Gasteiger partial charge in [-0.15, -0.1) is 0 Å². The van der Waals surface area contributed by atoms with Crippen molar-refractivity contribution in [3.8, 4) is 0 Å². The quantitative estimate of drug-likeness (QED) is 0.470. The number of hydrogen-bond acceptors (Lipinski definition) is 5. The van der Waals surface area contributed by atoms with Crippen LogP contribution in [0.4, 0.5) is 9.18 Å². The van der Waals surface area contributed by atoms with Crippen LogP contribution >= 0.6 is 12.2 Å². The van der Waals surface area contributed by atoms with Crippen molar-refractivity contribution >= 4 is 29.4 Å². The number of carbonyl (C=O) groups is 2. The van der Waals surface area contributed by atoms with E-state index in [9.17, 15) is 14.0 Å². The maximum absolute atomic E-state index is 13.0. The summed E-state index contributed by atoms with van der Waals surface area (Å²) in [5.41, 5.74) is 0.425. The number of carbonyl (C=O) groups excluding carboxylic acids is 2. The van der Waals surface area contributed by atoms with Gasteiger partial charge in [0.05, 0.1) is 6.61 Å². The van der Waals surface area contributed by atoms with Crippen LogP contribution in [0, 0.1) is 5.82 Å². The third-order valence-electron chi connectivity index (χ3n) is 2.55. The number of halogens is 1. The minimum Gasteiger partial charge on any atom is -0.460 e. The van der Waals surface area contributed by atoms with Crippen molar-refractivity contribution < 1.29 is 23.5 Å². The Kier molecular flexibility index (Phi) is 7.69. The smallest absolute Gasteiger partial charge is 0.413 e. The van der Waals surface area contributed by atoms with Crippen molar-refractivity contribution in [2.45, 2.75) is 13.0 Å². The lowest BCUT2D eigenvalue weighted by Crippen LogP contribution is -2.43. The van der Waals surface area contributed by atoms with Gasteiger partial charge in [-0.2, -0.15) is 0 Å². The van der Waals surface area contributed by atoms with E-state index in [0.717, 1.165) is 0 Å². The molecule has 1 amide bonds. The van der Waals surface area contributed by atoms with Crippen molar-refractivity contribution in [3.05, 3.63) is 48.3 Å². The molecule has 8 heteroatoms. The molecule has 1 atom stereocenters. The highest BCUT2D eigenvalue weighted by molar-refractivity contribution is 7.80. The molecule has 1 unspecified atom stereocenters. The number of amides is 1. The van der Waals surface area contributed by atoms with E-state index in [1.54, 1.807) is 6.92 Å². The monoisotopic (exact) mass is 340 g/mol. The van der Waals surface area contributed by atoms with Crippen LogP contribution in [0.25, 0.3) is 0 Å². The largest absolute Gasteiger partial charge is 0.460 e. The molecular weight excluding hydrogens is 323 g/mol. The minimum absolute atomic E-state index is 0.0102. The Labute approximate surface area is 138 Å². The maximum atomic E-state index is 13.0. The fraction of sp³-hybridized carbons (Fsp3) is 0.267. The summed E-state index contributed by atoms with van der Waals surface area (Å²) < 4.78 is 22.7. The molecule has 23 heavy (non-hydrogen) atoms. The first-order valence-electron chi connectivity index (χ1n) is 6.75. The summed E-state index contributed by atoms with van der Waals surface area (Å²) in [5.74, 6) is -1.09. The molecule has 6 nitrogen and oxygen atoms in total. The normalized spacial score (nSPS) is 11.0. The lowest BCUT2D eigenvalue weighted by Gasteiger charge is -2.19. The second kappa shape index (κ2) is 9.52. The third kappa shape index (κ3) is 6.43. The van der Waals surface area contributed by atoms with Crippen molar-refractivity contribution in [2.75, 3.05) is 13.2 Å². The van der Waals surface area contributed by atoms with Gasteiger partial charge in [0.25, 0.3) is 0 Å². The number of ether oxygens (including phenoxy) is 2. The SMILES string of the molecule is C=CCOC(=O)C(NC(=S)NC(=O)OCC)c1ccc(F)cc1. The van der Waals surface area contributed by atoms with Crippen molar-refractivity contribution in [3.63, 3.8) is 0 Å². The third-order valence-corrected chi connectivity index (χ3v) is 2.77. The second-order valence-electron chi connectivity index (χ2n) is 4.22. The van der Waals surface area contributed by atoms with Crippen LogP contribution in [-0.2, 0) is 14.3 Å². The molecule has 0 aliphatic carbocycles. The number of hydrogen-bond donors (Lipinski definition) is 2. The van der Waals surface area contributed by atoms with Gasteiger partial charge in [-0.1, -0.05) is 24.8 Å². The molecule has 1 aromatic carbocycles. The van der Waals surface area contributed by atoms with Crippen molar-refractivity contribution in [1.82, 2.24) is 10.6 Å². The number of alkyl carbamates (subject to hydrolysis) is 1. The number of rotatable bonds is 6. The molecule has 0 bridgehead atoms. The van der Waals surface area contributed by atoms with Gasteiger partial charge < -0.3 is 14.8 Å². The molecule has 2 N–H and O–H groups in total. The topological polar surface area (TPSA) is 76.7 Å². The van der Waals surface area contributed by atoms with Crippen LogP contribution in [-0.4, -0.2) is 30.4 Å². The zero-order valence-electron chi connectivity index (χ0n) is 12.5. The lowest BCUT2D eigenvalue weighted by atomic mass is 10.1. The van der Waals surface area contributed by atoms with Crippen LogP contribution in [0.3, 0.4) is 0 Å². The summed E-state index contributed by atoms with van der Waals surface area (Å²) >= 11 is 4.95. The van der Waals surface area contributed by atoms with Crippen LogP contribution in [0.1, 0.15) is 18.5 Å². The fourth-order valence-corrected chi connectivity index (χ4v) is 1.79. The minimum atomic E-state index is -1.01. The van der Waals surface area contributed by atoms with Gasteiger partial charge in [-0.3, -0.25) is 5.32 Å². The van der Waals surface area contributed by atoms with Crippen LogP contribution in [0.2, 0.25) is 0 Å². The van der Waals surface area contributed by atoms with E-state index in [0.29, 0.717) is 5.56 Å². The fourth-order valence-electron chi connectivity index (χ4n) is 1.59. The van der Waals surface area contributed by atoms with Gasteiger partial charge in [-0.25, -0.2) is 14.0 Å². The number of esters is 1. The van der Waals surface area contributed by atoms with Crippen molar-refractivity contribution in [2.24, 2.45) is 0 Å². The highest BCUT2D eigenvalue weighted by atomic mass is 32.1. The highest BCUT2D eigenvalue weighted by Crippen LogP contribution is 2.15. The Hall–Kier alpha value is -2.48. The maximum Gasteiger partial charge on any atom is 0.413 e. The Morgan fingerprint density at radius 3 is 2.57 bits per heavy atom. The molecule has 0 spiro atoms. The highest BCUT2D eigenvalue weighted by Gasteiger charge is 2.23. The van der Waals surface area contributed by atoms with Crippen LogP contribution < -0.4 is 10.6 Å². The molecule has 124 valence electrons. The number of benzene rings is 1. The van der Waals surface area contributed by atoms with E-state index >= 15 is 0 Å². The summed E-state index contributed by atoms with van der Waals surface area (Å²) in [6, 6.07) is 4.22. The molecule has 0 saturated carbocycles. The molecule has 0 aliphatic rings. The van der Waals surface area contributed by atoms with Gasteiger partial charge in [0.2, 0.25) is 0 Å². The molecule has 0 fully saturated rings. The summed E-state index contributed by atoms with van der Waals surface area (Å²) in [6.07, 6.45) is 0.664. The Morgan fingerprint density at radius 1 is 1.35 bits per heavy atom. The number of thiocarbonyl (C=S) groups is 1. The van der Waals surface area contributed by atoms with Gasteiger partial charge in [0.15, 0.2) is 11.2 Å². The van der Waals surface area contributed by atoms with Gasteiger partial charge >= 0.3 is 12.1 Å². The van der Waals surface area contributed by atoms with Crippen LogP contribution in [0.5, 0.6) is 0 Å². The molecule has 1 aromatic rings. The van der Waals surface area contributed by atoms with E-state index in [1.165, 1.54) is 30.3 Å². The molecule has 0 heterocycles. The standard InChI is InChI=1S/C15H17FN2O4S/c1-3-9-22-13(19)12(10-5-7-11(16)8-6-10)17-14(23)18-15(20)21-4-2/h3,5-8,12H,1,4,9H2,2H3,(H2,17,18,20,23). The predicted octanol–water partition coefficient (Wildman–Crippen LogP) is 2.22. The average molecular weight is 340 g/mol. The van der Waals surface area contributed by atoms with E-state index in [2.05, 4.69) is 21.9 Å². The first-order valence-corrected chi connectivity index (χ1v) is 7.16. The van der Waals surface area contributed by atoms with Crippen molar-refractivity contribution in [1.29, 1.82) is 0 Å². The molecule has 0 saturated heterocycles. The molecule has 0 aromatic heterocycles. The summed E-state index contributed by atoms with van der Waals surface area (Å²) in [4.78, 5) is 23.4. The molecule has 0 radical (unpaired) electrons. The Morgan fingerprint density at radius 2 is 2.00 bits per heavy atom. The van der Waals surface area contributed by atoms with E-state index in [4.69, 9.17) is 17.0 Å². The van der Waals surface area contributed by atoms with E-state index in [1.807, 2.05) is 0 Å². The first-order chi connectivity index (χ1) is 11.0. The summed E-state index contributed by atoms with van der Waals surface area (Å²) in [5, 5.41) is 4.78. The zero-order chi connectivity index (χ0) is 17.2. The summed E-state index contributed by atoms with van der Waals surface area (Å²) in [7, 11) is 0. The Bertz CT molecular complexity index is 577. The van der Waals surface area contributed by atoms with Gasteiger partial charge in [0, 0.05) is 0 Å². The van der Waals surface area contributed by atoms with E-state index < -0.39 is 23.9 Å². The molecular formula is C15H17FN2O4S. The molecule has 1 rings (SSSR count). The Balaban J connectivity index is 2.84. The zero-order valence-corrected chi connectivity index (χ0v) is 13.3. The van der Waals surface area contributed by atoms with E-state index in [-0.39, 0.29) is 18.3 Å².